The molecule has 15 heavy (non-hydrogen) atoms. The number of benzene rings is 1. The molecule has 0 saturated heterocycles. The van der Waals surface area contributed by atoms with Crippen LogP contribution in [0.15, 0.2) is 42.6 Å². The van der Waals surface area contributed by atoms with Gasteiger partial charge in [-0.2, -0.15) is 0 Å². The molecule has 76 valence electrons. The maximum Gasteiger partial charge on any atom is 0.183 e. The van der Waals surface area contributed by atoms with Gasteiger partial charge in [-0.3, -0.25) is 0 Å². The number of halogens is 2. The summed E-state index contributed by atoms with van der Waals surface area (Å²) in [6.45, 7) is 0. The Kier molecular flexibility index (Phi) is 3.09. The molecule has 1 heterocycles. The molecular formula is C11H7Cl2NO. The van der Waals surface area contributed by atoms with Gasteiger partial charge < -0.3 is 4.74 Å². The van der Waals surface area contributed by atoms with Gasteiger partial charge in [-0.25, -0.2) is 4.98 Å². The fourth-order valence-electron chi connectivity index (χ4n) is 1.10. The molecule has 0 bridgehead atoms. The molecular weight excluding hydrogens is 233 g/mol. The third-order valence-corrected chi connectivity index (χ3v) is 2.34. The highest BCUT2D eigenvalue weighted by atomic mass is 35.5. The number of aromatic nitrogens is 1. The maximum absolute atomic E-state index is 5.93. The average molecular weight is 240 g/mol. The van der Waals surface area contributed by atoms with Gasteiger partial charge in [-0.1, -0.05) is 41.4 Å². The zero-order valence-corrected chi connectivity index (χ0v) is 9.16. The van der Waals surface area contributed by atoms with Crippen molar-refractivity contribution in [2.24, 2.45) is 0 Å². The SMILES string of the molecule is Clc1ccnc(Cl)c1Oc1ccccc1. The minimum atomic E-state index is 0.256. The predicted octanol–water partition coefficient (Wildman–Crippen LogP) is 4.18. The third kappa shape index (κ3) is 2.41. The summed E-state index contributed by atoms with van der Waals surface area (Å²) >= 11 is 11.8. The van der Waals surface area contributed by atoms with Crippen LogP contribution in [-0.4, -0.2) is 4.98 Å². The monoisotopic (exact) mass is 239 g/mol. The van der Waals surface area contributed by atoms with E-state index in [0.29, 0.717) is 16.5 Å². The number of hydrogen-bond donors (Lipinski definition) is 0. The predicted molar refractivity (Wildman–Crippen MR) is 60.8 cm³/mol. The van der Waals surface area contributed by atoms with Gasteiger partial charge in [0.25, 0.3) is 0 Å². The van der Waals surface area contributed by atoms with Crippen LogP contribution in [0.5, 0.6) is 11.5 Å². The van der Waals surface area contributed by atoms with E-state index in [1.54, 1.807) is 6.07 Å². The molecule has 0 aliphatic rings. The van der Waals surface area contributed by atoms with Crippen molar-refractivity contribution in [3.8, 4) is 11.5 Å². The number of para-hydroxylation sites is 1. The minimum Gasteiger partial charge on any atom is -0.453 e. The van der Waals surface area contributed by atoms with Crippen molar-refractivity contribution in [1.82, 2.24) is 4.98 Å². The summed E-state index contributed by atoms with van der Waals surface area (Å²) in [7, 11) is 0. The van der Waals surface area contributed by atoms with Crippen LogP contribution in [-0.2, 0) is 0 Å². The molecule has 0 aliphatic carbocycles. The zero-order valence-electron chi connectivity index (χ0n) is 7.65. The van der Waals surface area contributed by atoms with Crippen molar-refractivity contribution in [3.63, 3.8) is 0 Å². The van der Waals surface area contributed by atoms with Gasteiger partial charge in [0, 0.05) is 6.20 Å². The van der Waals surface area contributed by atoms with Crippen molar-refractivity contribution < 1.29 is 4.74 Å². The highest BCUT2D eigenvalue weighted by Crippen LogP contribution is 2.34. The van der Waals surface area contributed by atoms with Crippen LogP contribution >= 0.6 is 23.2 Å². The summed E-state index contributed by atoms with van der Waals surface area (Å²) in [4.78, 5) is 3.89. The Morgan fingerprint density at radius 2 is 1.73 bits per heavy atom. The molecule has 1 aromatic carbocycles. The lowest BCUT2D eigenvalue weighted by Gasteiger charge is -2.07. The molecule has 0 radical (unpaired) electrons. The maximum atomic E-state index is 5.93. The molecule has 0 aliphatic heterocycles. The van der Waals surface area contributed by atoms with Gasteiger partial charge in [-0.05, 0) is 18.2 Å². The lowest BCUT2D eigenvalue weighted by Crippen LogP contribution is -1.87. The minimum absolute atomic E-state index is 0.256. The van der Waals surface area contributed by atoms with Crippen LogP contribution in [0.3, 0.4) is 0 Å². The summed E-state index contributed by atoms with van der Waals surface area (Å²) in [5.41, 5.74) is 0. The van der Waals surface area contributed by atoms with E-state index in [9.17, 15) is 0 Å². The van der Waals surface area contributed by atoms with Gasteiger partial charge in [0.2, 0.25) is 0 Å². The summed E-state index contributed by atoms with van der Waals surface area (Å²) in [5.74, 6) is 1.06. The molecule has 0 N–H and O–H groups in total. The first-order valence-electron chi connectivity index (χ1n) is 4.30. The van der Waals surface area contributed by atoms with E-state index in [1.165, 1.54) is 6.20 Å². The van der Waals surface area contributed by atoms with Crippen LogP contribution < -0.4 is 4.74 Å². The lowest BCUT2D eigenvalue weighted by molar-refractivity contribution is 0.481. The Morgan fingerprint density at radius 1 is 1.00 bits per heavy atom. The van der Waals surface area contributed by atoms with E-state index in [1.807, 2.05) is 30.3 Å². The van der Waals surface area contributed by atoms with E-state index in [0.717, 1.165) is 0 Å². The number of ether oxygens (including phenoxy) is 1. The summed E-state index contributed by atoms with van der Waals surface area (Å²) in [6.07, 6.45) is 1.53. The second-order valence-corrected chi connectivity index (χ2v) is 3.59. The molecule has 0 spiro atoms. The molecule has 0 saturated carbocycles. The smallest absolute Gasteiger partial charge is 0.183 e. The molecule has 2 aromatic rings. The van der Waals surface area contributed by atoms with E-state index >= 15 is 0 Å². The molecule has 2 nitrogen and oxygen atoms in total. The normalized spacial score (nSPS) is 10.0. The van der Waals surface area contributed by atoms with Crippen LogP contribution in [0.1, 0.15) is 0 Å². The van der Waals surface area contributed by atoms with Crippen molar-refractivity contribution in [2.75, 3.05) is 0 Å². The van der Waals surface area contributed by atoms with Crippen LogP contribution in [0.2, 0.25) is 10.2 Å². The highest BCUT2D eigenvalue weighted by molar-refractivity contribution is 6.36. The second kappa shape index (κ2) is 4.51. The van der Waals surface area contributed by atoms with E-state index < -0.39 is 0 Å². The van der Waals surface area contributed by atoms with E-state index in [-0.39, 0.29) is 5.15 Å². The molecule has 0 atom stereocenters. The Hall–Kier alpha value is -1.25. The van der Waals surface area contributed by atoms with Crippen molar-refractivity contribution in [2.45, 2.75) is 0 Å². The zero-order chi connectivity index (χ0) is 10.7. The topological polar surface area (TPSA) is 22.1 Å². The van der Waals surface area contributed by atoms with Gasteiger partial charge in [0.1, 0.15) is 5.75 Å². The largest absolute Gasteiger partial charge is 0.453 e. The first-order valence-corrected chi connectivity index (χ1v) is 5.06. The number of hydrogen-bond acceptors (Lipinski definition) is 2. The molecule has 0 unspecified atom stereocenters. The van der Waals surface area contributed by atoms with Gasteiger partial charge in [0.15, 0.2) is 10.9 Å². The average Bonchev–Trinajstić information content (AvgIpc) is 2.25. The molecule has 2 rings (SSSR count). The van der Waals surface area contributed by atoms with Gasteiger partial charge in [-0.15, -0.1) is 0 Å². The van der Waals surface area contributed by atoms with Gasteiger partial charge in [0.05, 0.1) is 5.02 Å². The number of rotatable bonds is 2. The van der Waals surface area contributed by atoms with E-state index in [4.69, 9.17) is 27.9 Å². The Morgan fingerprint density at radius 3 is 2.40 bits per heavy atom. The van der Waals surface area contributed by atoms with Crippen LogP contribution in [0.25, 0.3) is 0 Å². The summed E-state index contributed by atoms with van der Waals surface area (Å²) < 4.78 is 5.51. The fourth-order valence-corrected chi connectivity index (χ4v) is 1.53. The van der Waals surface area contributed by atoms with Crippen molar-refractivity contribution >= 4 is 23.2 Å². The Bertz CT molecular complexity index is 439. The molecule has 0 fully saturated rings. The standard InChI is InChI=1S/C11H7Cl2NO/c12-9-6-7-14-11(13)10(9)15-8-4-2-1-3-5-8/h1-7H. The Labute approximate surface area is 97.4 Å². The number of pyridine rings is 1. The first-order chi connectivity index (χ1) is 7.27. The lowest BCUT2D eigenvalue weighted by atomic mass is 10.3. The summed E-state index contributed by atoms with van der Waals surface area (Å²) in [6, 6.07) is 10.9. The quantitative estimate of drug-likeness (QED) is 0.734. The molecule has 4 heteroatoms. The fraction of sp³-hybridized carbons (Fsp3) is 0. The van der Waals surface area contributed by atoms with Crippen molar-refractivity contribution in [3.05, 3.63) is 52.8 Å². The third-order valence-electron chi connectivity index (χ3n) is 1.78. The van der Waals surface area contributed by atoms with Crippen LogP contribution in [0, 0.1) is 0 Å². The highest BCUT2D eigenvalue weighted by Gasteiger charge is 2.08. The second-order valence-electron chi connectivity index (χ2n) is 2.83. The Balaban J connectivity index is 2.32. The van der Waals surface area contributed by atoms with E-state index in [2.05, 4.69) is 4.98 Å². The van der Waals surface area contributed by atoms with Crippen LogP contribution in [0.4, 0.5) is 0 Å². The van der Waals surface area contributed by atoms with Crippen molar-refractivity contribution in [1.29, 1.82) is 0 Å². The summed E-state index contributed by atoms with van der Waals surface area (Å²) in [5, 5.41) is 0.699. The molecule has 0 amide bonds. The molecule has 1 aromatic heterocycles. The van der Waals surface area contributed by atoms with Gasteiger partial charge >= 0.3 is 0 Å². The first kappa shape index (κ1) is 10.3. The number of nitrogens with zero attached hydrogens (tertiary/aromatic N) is 1.